The van der Waals surface area contributed by atoms with Gasteiger partial charge in [-0.3, -0.25) is 4.68 Å². The van der Waals surface area contributed by atoms with Crippen molar-refractivity contribution in [3.63, 3.8) is 0 Å². The van der Waals surface area contributed by atoms with E-state index in [9.17, 15) is 8.78 Å². The zero-order valence-electron chi connectivity index (χ0n) is 8.65. The zero-order valence-corrected chi connectivity index (χ0v) is 8.65. The largest absolute Gasteiger partial charge is 0.486 e. The van der Waals surface area contributed by atoms with Gasteiger partial charge in [0.2, 0.25) is 5.82 Å². The Morgan fingerprint density at radius 3 is 2.88 bits per heavy atom. The molecule has 0 fully saturated rings. The van der Waals surface area contributed by atoms with Gasteiger partial charge in [-0.2, -0.15) is 9.49 Å². The fraction of sp³-hybridized carbons (Fsp3) is 0.182. The predicted octanol–water partition coefficient (Wildman–Crippen LogP) is 2.28. The van der Waals surface area contributed by atoms with Crippen molar-refractivity contribution in [3.05, 3.63) is 47.8 Å². The average Bonchev–Trinajstić information content (AvgIpc) is 2.67. The molecule has 0 aliphatic carbocycles. The molecule has 0 atom stereocenters. The lowest BCUT2D eigenvalue weighted by Crippen LogP contribution is -1.98. The van der Waals surface area contributed by atoms with Crippen LogP contribution in [0.5, 0.6) is 5.75 Å². The van der Waals surface area contributed by atoms with Crippen molar-refractivity contribution in [1.29, 1.82) is 0 Å². The molecular formula is C11H10F2N2O. The van der Waals surface area contributed by atoms with Crippen molar-refractivity contribution < 1.29 is 13.5 Å². The van der Waals surface area contributed by atoms with Gasteiger partial charge in [-0.15, -0.1) is 0 Å². The molecule has 0 spiro atoms. The molecule has 0 radical (unpaired) electrons. The van der Waals surface area contributed by atoms with Gasteiger partial charge in [-0.05, 0) is 12.1 Å². The Hall–Kier alpha value is -1.91. The molecule has 0 amide bonds. The molecule has 0 aliphatic rings. The van der Waals surface area contributed by atoms with Crippen LogP contribution in [-0.2, 0) is 13.7 Å². The number of aromatic nitrogens is 2. The zero-order chi connectivity index (χ0) is 11.5. The summed E-state index contributed by atoms with van der Waals surface area (Å²) in [6.45, 7) is 0.161. The highest BCUT2D eigenvalue weighted by molar-refractivity contribution is 5.25. The minimum absolute atomic E-state index is 0.0937. The monoisotopic (exact) mass is 224 g/mol. The number of hydrogen-bond donors (Lipinski definition) is 0. The molecule has 2 aromatic rings. The first-order valence-electron chi connectivity index (χ1n) is 4.71. The second-order valence-electron chi connectivity index (χ2n) is 3.36. The molecule has 0 bridgehead atoms. The van der Waals surface area contributed by atoms with E-state index >= 15 is 0 Å². The normalized spacial score (nSPS) is 10.4. The van der Waals surface area contributed by atoms with Crippen LogP contribution in [0.25, 0.3) is 0 Å². The van der Waals surface area contributed by atoms with E-state index in [0.29, 0.717) is 0 Å². The summed E-state index contributed by atoms with van der Waals surface area (Å²) in [5.74, 6) is -1.97. The van der Waals surface area contributed by atoms with Gasteiger partial charge in [-0.25, -0.2) is 4.39 Å². The van der Waals surface area contributed by atoms with Gasteiger partial charge in [0.05, 0.1) is 6.20 Å². The molecule has 3 nitrogen and oxygen atoms in total. The highest BCUT2D eigenvalue weighted by Gasteiger charge is 2.08. The summed E-state index contributed by atoms with van der Waals surface area (Å²) >= 11 is 0. The number of hydrogen-bond acceptors (Lipinski definition) is 2. The fourth-order valence-corrected chi connectivity index (χ4v) is 1.30. The predicted molar refractivity (Wildman–Crippen MR) is 53.9 cm³/mol. The van der Waals surface area contributed by atoms with Crippen molar-refractivity contribution in [2.24, 2.45) is 7.05 Å². The summed E-state index contributed by atoms with van der Waals surface area (Å²) < 4.78 is 32.8. The van der Waals surface area contributed by atoms with Gasteiger partial charge in [0.15, 0.2) is 11.6 Å². The van der Waals surface area contributed by atoms with Gasteiger partial charge in [0, 0.05) is 18.8 Å². The van der Waals surface area contributed by atoms with E-state index in [4.69, 9.17) is 4.74 Å². The molecule has 0 unspecified atom stereocenters. The third-order valence-corrected chi connectivity index (χ3v) is 2.07. The highest BCUT2D eigenvalue weighted by Crippen LogP contribution is 2.20. The molecule has 1 heterocycles. The average molecular weight is 224 g/mol. The van der Waals surface area contributed by atoms with Crippen LogP contribution < -0.4 is 4.74 Å². The topological polar surface area (TPSA) is 27.1 Å². The summed E-state index contributed by atoms with van der Waals surface area (Å²) in [7, 11) is 1.77. The van der Waals surface area contributed by atoms with Crippen LogP contribution in [0.1, 0.15) is 5.56 Å². The van der Waals surface area contributed by atoms with E-state index in [0.717, 1.165) is 11.6 Å². The lowest BCUT2D eigenvalue weighted by Gasteiger charge is -2.05. The van der Waals surface area contributed by atoms with Crippen LogP contribution in [0.3, 0.4) is 0 Å². The van der Waals surface area contributed by atoms with E-state index in [2.05, 4.69) is 5.10 Å². The molecule has 16 heavy (non-hydrogen) atoms. The van der Waals surface area contributed by atoms with E-state index < -0.39 is 11.6 Å². The summed E-state index contributed by atoms with van der Waals surface area (Å²) in [5.41, 5.74) is 0.797. The number of ether oxygens (including phenoxy) is 1. The Balaban J connectivity index is 2.07. The first kappa shape index (κ1) is 10.6. The lowest BCUT2D eigenvalue weighted by molar-refractivity contribution is 0.284. The molecule has 5 heteroatoms. The van der Waals surface area contributed by atoms with Crippen LogP contribution >= 0.6 is 0 Å². The van der Waals surface area contributed by atoms with Crippen LogP contribution in [0.4, 0.5) is 8.78 Å². The second kappa shape index (κ2) is 4.30. The second-order valence-corrected chi connectivity index (χ2v) is 3.36. The Kier molecular flexibility index (Phi) is 2.85. The third kappa shape index (κ3) is 2.18. The Bertz CT molecular complexity index is 496. The maximum Gasteiger partial charge on any atom is 0.200 e. The molecule has 1 aromatic heterocycles. The minimum Gasteiger partial charge on any atom is -0.486 e. The van der Waals surface area contributed by atoms with Gasteiger partial charge in [-0.1, -0.05) is 6.07 Å². The number of halogens is 2. The van der Waals surface area contributed by atoms with E-state index in [-0.39, 0.29) is 12.4 Å². The molecule has 0 aliphatic heterocycles. The SMILES string of the molecule is Cn1cc(COc2cccc(F)c2F)cn1. The van der Waals surface area contributed by atoms with Crippen molar-refractivity contribution >= 4 is 0 Å². The Morgan fingerprint density at radius 1 is 1.38 bits per heavy atom. The smallest absolute Gasteiger partial charge is 0.200 e. The lowest BCUT2D eigenvalue weighted by atomic mass is 10.3. The summed E-state index contributed by atoms with van der Waals surface area (Å²) in [4.78, 5) is 0. The minimum atomic E-state index is -0.966. The first-order valence-corrected chi connectivity index (χ1v) is 4.71. The molecule has 0 saturated carbocycles. The summed E-state index contributed by atoms with van der Waals surface area (Å²) in [5, 5.41) is 3.94. The molecular weight excluding hydrogens is 214 g/mol. The molecule has 0 N–H and O–H groups in total. The fourth-order valence-electron chi connectivity index (χ4n) is 1.30. The molecule has 2 rings (SSSR count). The Morgan fingerprint density at radius 2 is 2.19 bits per heavy atom. The van der Waals surface area contributed by atoms with Gasteiger partial charge in [0.25, 0.3) is 0 Å². The maximum absolute atomic E-state index is 13.2. The van der Waals surface area contributed by atoms with Crippen molar-refractivity contribution in [3.8, 4) is 5.75 Å². The van der Waals surface area contributed by atoms with Crippen LogP contribution in [0, 0.1) is 11.6 Å². The number of benzene rings is 1. The molecule has 84 valence electrons. The molecule has 0 saturated heterocycles. The van der Waals surface area contributed by atoms with Gasteiger partial charge < -0.3 is 4.74 Å². The summed E-state index contributed by atoms with van der Waals surface area (Å²) in [6, 6.07) is 3.83. The van der Waals surface area contributed by atoms with Crippen molar-refractivity contribution in [1.82, 2.24) is 9.78 Å². The third-order valence-electron chi connectivity index (χ3n) is 2.07. The number of nitrogens with zero attached hydrogens (tertiary/aromatic N) is 2. The van der Waals surface area contributed by atoms with Crippen molar-refractivity contribution in [2.75, 3.05) is 0 Å². The maximum atomic E-state index is 13.2. The molecule has 1 aromatic carbocycles. The Labute approximate surface area is 91.3 Å². The van der Waals surface area contributed by atoms with Crippen LogP contribution in [0.15, 0.2) is 30.6 Å². The number of aryl methyl sites for hydroxylation is 1. The quantitative estimate of drug-likeness (QED) is 0.799. The van der Waals surface area contributed by atoms with Crippen molar-refractivity contribution in [2.45, 2.75) is 6.61 Å². The first-order chi connectivity index (χ1) is 7.66. The van der Waals surface area contributed by atoms with Crippen LogP contribution in [-0.4, -0.2) is 9.78 Å². The van der Waals surface area contributed by atoms with Crippen LogP contribution in [0.2, 0.25) is 0 Å². The van der Waals surface area contributed by atoms with E-state index in [1.165, 1.54) is 12.1 Å². The van der Waals surface area contributed by atoms with Gasteiger partial charge >= 0.3 is 0 Å². The number of rotatable bonds is 3. The standard InChI is InChI=1S/C11H10F2N2O/c1-15-6-8(5-14-15)7-16-10-4-2-3-9(12)11(10)13/h2-6H,7H2,1H3. The summed E-state index contributed by atoms with van der Waals surface area (Å²) in [6.07, 6.45) is 3.36. The van der Waals surface area contributed by atoms with E-state index in [1.54, 1.807) is 24.1 Å². The highest BCUT2D eigenvalue weighted by atomic mass is 19.2. The van der Waals surface area contributed by atoms with Gasteiger partial charge in [0.1, 0.15) is 6.61 Å². The van der Waals surface area contributed by atoms with E-state index in [1.807, 2.05) is 0 Å².